The van der Waals surface area contributed by atoms with Gasteiger partial charge in [0.25, 0.3) is 0 Å². The van der Waals surface area contributed by atoms with Gasteiger partial charge < -0.3 is 10.5 Å². The molecule has 0 aliphatic heterocycles. The van der Waals surface area contributed by atoms with Crippen molar-refractivity contribution in [2.24, 2.45) is 11.7 Å². The van der Waals surface area contributed by atoms with Gasteiger partial charge in [0.1, 0.15) is 0 Å². The monoisotopic (exact) mass is 348 g/mol. The van der Waals surface area contributed by atoms with Crippen LogP contribution in [0.15, 0.2) is 0 Å². The number of esters is 1. The molecule has 0 aromatic rings. The lowest BCUT2D eigenvalue weighted by Gasteiger charge is -2.30. The van der Waals surface area contributed by atoms with Gasteiger partial charge in [0.15, 0.2) is 0 Å². The number of nitrogens with two attached hydrogens (primary N) is 1. The Morgan fingerprint density at radius 1 is 1.17 bits per heavy atom. The van der Waals surface area contributed by atoms with Crippen molar-refractivity contribution in [1.29, 1.82) is 0 Å². The summed E-state index contributed by atoms with van der Waals surface area (Å²) in [5.74, 6) is 0.288. The first-order chi connectivity index (χ1) is 10.5. The predicted octanol–water partition coefficient (Wildman–Crippen LogP) is 2.90. The smallest absolute Gasteiger partial charge is 0.305 e. The standard InChI is InChI=1S/C17H32N2O3.ClH/c1-19(12-8-4-7-11-16(20)22-2)15(17(18)21)13-14-9-5-3-6-10-14;/h14-15H,3-13H2,1-2H3,(H2,18,21);1H/t15-;/m0./s1. The van der Waals surface area contributed by atoms with E-state index in [2.05, 4.69) is 9.64 Å². The lowest BCUT2D eigenvalue weighted by molar-refractivity contribution is -0.140. The molecule has 2 N–H and O–H groups in total. The summed E-state index contributed by atoms with van der Waals surface area (Å²) in [6.45, 7) is 0.849. The number of amides is 1. The fraction of sp³-hybridized carbons (Fsp3) is 0.882. The minimum absolute atomic E-state index is 0. The maximum atomic E-state index is 11.8. The van der Waals surface area contributed by atoms with Crippen molar-refractivity contribution in [3.8, 4) is 0 Å². The molecular formula is C17H33ClN2O3. The predicted molar refractivity (Wildman–Crippen MR) is 94.5 cm³/mol. The Morgan fingerprint density at radius 2 is 1.83 bits per heavy atom. The second-order valence-electron chi connectivity index (χ2n) is 6.53. The number of hydrogen-bond donors (Lipinski definition) is 1. The van der Waals surface area contributed by atoms with Crippen molar-refractivity contribution in [2.75, 3.05) is 20.7 Å². The molecule has 6 heteroatoms. The Morgan fingerprint density at radius 3 is 2.39 bits per heavy atom. The minimum Gasteiger partial charge on any atom is -0.469 e. The summed E-state index contributed by atoms with van der Waals surface area (Å²) in [6.07, 6.45) is 10.5. The van der Waals surface area contributed by atoms with Crippen LogP contribution in [0.25, 0.3) is 0 Å². The maximum Gasteiger partial charge on any atom is 0.305 e. The van der Waals surface area contributed by atoms with Crippen molar-refractivity contribution in [2.45, 2.75) is 70.3 Å². The number of carbonyl (C=O) groups is 2. The molecular weight excluding hydrogens is 316 g/mol. The summed E-state index contributed by atoms with van der Waals surface area (Å²) < 4.78 is 4.62. The molecule has 1 saturated carbocycles. The van der Waals surface area contributed by atoms with Crippen molar-refractivity contribution < 1.29 is 14.3 Å². The number of ether oxygens (including phenoxy) is 1. The normalized spacial score (nSPS) is 16.7. The van der Waals surface area contributed by atoms with Crippen molar-refractivity contribution >= 4 is 24.3 Å². The van der Waals surface area contributed by atoms with Crippen LogP contribution in [0.2, 0.25) is 0 Å². The van der Waals surface area contributed by atoms with Gasteiger partial charge >= 0.3 is 5.97 Å². The number of halogens is 1. The largest absolute Gasteiger partial charge is 0.469 e. The van der Waals surface area contributed by atoms with Gasteiger partial charge in [-0.3, -0.25) is 14.5 Å². The summed E-state index contributed by atoms with van der Waals surface area (Å²) in [5.41, 5.74) is 5.60. The zero-order valence-corrected chi connectivity index (χ0v) is 15.4. The highest BCUT2D eigenvalue weighted by Crippen LogP contribution is 2.28. The van der Waals surface area contributed by atoms with Crippen LogP contribution in [-0.2, 0) is 14.3 Å². The van der Waals surface area contributed by atoms with Gasteiger partial charge in [0, 0.05) is 6.42 Å². The Bertz CT molecular complexity index is 347. The lowest BCUT2D eigenvalue weighted by Crippen LogP contribution is -2.44. The SMILES string of the molecule is COC(=O)CCCCCN(C)[C@@H](CC1CCCCC1)C(N)=O.Cl. The molecule has 0 spiro atoms. The molecule has 0 unspecified atom stereocenters. The van der Waals surface area contributed by atoms with Gasteiger partial charge in [0.2, 0.25) is 5.91 Å². The van der Waals surface area contributed by atoms with Crippen molar-refractivity contribution in [3.05, 3.63) is 0 Å². The summed E-state index contributed by atoms with van der Waals surface area (Å²) in [5, 5.41) is 0. The molecule has 0 radical (unpaired) electrons. The second-order valence-corrected chi connectivity index (χ2v) is 6.53. The molecule has 1 aliphatic carbocycles. The first-order valence-electron chi connectivity index (χ1n) is 8.61. The van der Waals surface area contributed by atoms with E-state index in [0.717, 1.165) is 32.2 Å². The third-order valence-corrected chi connectivity index (χ3v) is 4.76. The fourth-order valence-corrected chi connectivity index (χ4v) is 3.32. The van der Waals surface area contributed by atoms with Crippen LogP contribution in [0.3, 0.4) is 0 Å². The zero-order chi connectivity index (χ0) is 16.4. The number of likely N-dealkylation sites (N-methyl/N-ethyl adjacent to an activating group) is 1. The number of unbranched alkanes of at least 4 members (excludes halogenated alkanes) is 2. The molecule has 0 aromatic heterocycles. The number of carbonyl (C=O) groups excluding carboxylic acids is 2. The van der Waals surface area contributed by atoms with E-state index in [9.17, 15) is 9.59 Å². The van der Waals surface area contributed by atoms with E-state index in [-0.39, 0.29) is 30.3 Å². The molecule has 0 saturated heterocycles. The second kappa shape index (κ2) is 12.6. The topological polar surface area (TPSA) is 72.6 Å². The number of hydrogen-bond acceptors (Lipinski definition) is 4. The number of primary amides is 1. The Kier molecular flexibility index (Phi) is 12.1. The molecule has 1 fully saturated rings. The molecule has 0 heterocycles. The van der Waals surface area contributed by atoms with Crippen LogP contribution in [0.1, 0.15) is 64.2 Å². The molecule has 0 aromatic carbocycles. The van der Waals surface area contributed by atoms with Gasteiger partial charge in [-0.1, -0.05) is 38.5 Å². The number of nitrogens with zero attached hydrogens (tertiary/aromatic N) is 1. The van der Waals surface area contributed by atoms with Crippen LogP contribution in [0.4, 0.5) is 0 Å². The highest BCUT2D eigenvalue weighted by molar-refractivity contribution is 5.85. The third-order valence-electron chi connectivity index (χ3n) is 4.76. The Labute approximate surface area is 146 Å². The fourth-order valence-electron chi connectivity index (χ4n) is 3.32. The maximum absolute atomic E-state index is 11.8. The van der Waals surface area contributed by atoms with Crippen molar-refractivity contribution in [3.63, 3.8) is 0 Å². The number of methoxy groups -OCH3 is 1. The van der Waals surface area contributed by atoms with Gasteiger partial charge in [-0.25, -0.2) is 0 Å². The van der Waals surface area contributed by atoms with E-state index in [4.69, 9.17) is 5.73 Å². The average molecular weight is 349 g/mol. The first-order valence-corrected chi connectivity index (χ1v) is 8.61. The quantitative estimate of drug-likeness (QED) is 0.486. The van der Waals surface area contributed by atoms with Gasteiger partial charge in [-0.05, 0) is 38.8 Å². The summed E-state index contributed by atoms with van der Waals surface area (Å²) in [6, 6.07) is -0.149. The van der Waals surface area contributed by atoms with Crippen LogP contribution < -0.4 is 5.73 Å². The Balaban J connectivity index is 0.00000484. The lowest BCUT2D eigenvalue weighted by atomic mass is 9.84. The zero-order valence-electron chi connectivity index (χ0n) is 14.6. The first kappa shape index (κ1) is 22.2. The molecule has 23 heavy (non-hydrogen) atoms. The minimum atomic E-state index is -0.206. The van der Waals surface area contributed by atoms with Crippen LogP contribution in [0, 0.1) is 5.92 Å². The van der Waals surface area contributed by atoms with Crippen LogP contribution >= 0.6 is 12.4 Å². The van der Waals surface area contributed by atoms with E-state index < -0.39 is 0 Å². The molecule has 1 aliphatic rings. The molecule has 1 amide bonds. The van der Waals surface area contributed by atoms with Crippen LogP contribution in [0.5, 0.6) is 0 Å². The molecule has 5 nitrogen and oxygen atoms in total. The molecule has 136 valence electrons. The van der Waals surface area contributed by atoms with Gasteiger partial charge in [-0.15, -0.1) is 12.4 Å². The summed E-state index contributed by atoms with van der Waals surface area (Å²) >= 11 is 0. The Hall–Kier alpha value is -0.810. The van der Waals surface area contributed by atoms with E-state index in [1.165, 1.54) is 39.2 Å². The van der Waals surface area contributed by atoms with Gasteiger partial charge in [-0.2, -0.15) is 0 Å². The van der Waals surface area contributed by atoms with E-state index in [1.807, 2.05) is 7.05 Å². The van der Waals surface area contributed by atoms with Crippen LogP contribution in [-0.4, -0.2) is 43.5 Å². The van der Waals surface area contributed by atoms with E-state index >= 15 is 0 Å². The molecule has 1 rings (SSSR count). The van der Waals surface area contributed by atoms with Crippen molar-refractivity contribution in [1.82, 2.24) is 4.90 Å². The highest BCUT2D eigenvalue weighted by Gasteiger charge is 2.25. The number of rotatable bonds is 10. The summed E-state index contributed by atoms with van der Waals surface area (Å²) in [4.78, 5) is 24.9. The average Bonchev–Trinajstić information content (AvgIpc) is 2.52. The molecule has 0 bridgehead atoms. The van der Waals surface area contributed by atoms with Gasteiger partial charge in [0.05, 0.1) is 13.2 Å². The highest BCUT2D eigenvalue weighted by atomic mass is 35.5. The summed E-state index contributed by atoms with van der Waals surface area (Å²) in [7, 11) is 3.40. The molecule has 1 atom stereocenters. The third kappa shape index (κ3) is 9.16. The van der Waals surface area contributed by atoms with E-state index in [0.29, 0.717) is 12.3 Å². The van der Waals surface area contributed by atoms with E-state index in [1.54, 1.807) is 0 Å².